The van der Waals surface area contributed by atoms with Crippen molar-refractivity contribution < 1.29 is 13.2 Å². The SMILES string of the molecule is CSC1CCC(Nc2ccccc2C(F)(F)F)CC1. The monoisotopic (exact) mass is 289 g/mol. The molecule has 0 aliphatic heterocycles. The number of halogens is 3. The predicted octanol–water partition coefficient (Wildman–Crippen LogP) is 4.79. The summed E-state index contributed by atoms with van der Waals surface area (Å²) in [6.07, 6.45) is 1.84. The molecule has 0 aromatic heterocycles. The maximum Gasteiger partial charge on any atom is 0.418 e. The minimum atomic E-state index is -4.29. The van der Waals surface area contributed by atoms with E-state index < -0.39 is 11.7 Å². The molecule has 0 bridgehead atoms. The number of para-hydroxylation sites is 1. The third-order valence-corrected chi connectivity index (χ3v) is 4.74. The Bertz CT molecular complexity index is 411. The van der Waals surface area contributed by atoms with Gasteiger partial charge < -0.3 is 5.32 Å². The van der Waals surface area contributed by atoms with Crippen molar-refractivity contribution in [2.24, 2.45) is 0 Å². The van der Waals surface area contributed by atoms with Crippen LogP contribution in [-0.4, -0.2) is 17.5 Å². The molecule has 0 spiro atoms. The Labute approximate surface area is 116 Å². The molecule has 0 heterocycles. The molecule has 5 heteroatoms. The molecule has 19 heavy (non-hydrogen) atoms. The second kappa shape index (κ2) is 6.07. The van der Waals surface area contributed by atoms with Gasteiger partial charge in [0.2, 0.25) is 0 Å². The van der Waals surface area contributed by atoms with Crippen LogP contribution in [0.3, 0.4) is 0 Å². The Hall–Kier alpha value is -0.840. The third-order valence-electron chi connectivity index (χ3n) is 3.60. The van der Waals surface area contributed by atoms with Crippen molar-refractivity contribution >= 4 is 17.4 Å². The van der Waals surface area contributed by atoms with E-state index in [2.05, 4.69) is 11.6 Å². The van der Waals surface area contributed by atoms with Gasteiger partial charge in [-0.15, -0.1) is 0 Å². The Morgan fingerprint density at radius 2 is 1.74 bits per heavy atom. The second-order valence-corrected chi connectivity index (χ2v) is 6.04. The number of alkyl halides is 3. The largest absolute Gasteiger partial charge is 0.418 e. The molecule has 2 rings (SSSR count). The van der Waals surface area contributed by atoms with Crippen LogP contribution in [0.5, 0.6) is 0 Å². The summed E-state index contributed by atoms with van der Waals surface area (Å²) in [7, 11) is 0. The van der Waals surface area contributed by atoms with Gasteiger partial charge in [-0.25, -0.2) is 0 Å². The van der Waals surface area contributed by atoms with Crippen LogP contribution in [0.2, 0.25) is 0 Å². The fourth-order valence-corrected chi connectivity index (χ4v) is 3.26. The average Bonchev–Trinajstić information content (AvgIpc) is 2.39. The number of thioether (sulfide) groups is 1. The molecule has 0 unspecified atom stereocenters. The van der Waals surface area contributed by atoms with Gasteiger partial charge in [-0.2, -0.15) is 24.9 Å². The van der Waals surface area contributed by atoms with Gasteiger partial charge in [-0.1, -0.05) is 12.1 Å². The Morgan fingerprint density at radius 3 is 2.32 bits per heavy atom. The van der Waals surface area contributed by atoms with Crippen molar-refractivity contribution in [3.63, 3.8) is 0 Å². The van der Waals surface area contributed by atoms with Crippen molar-refractivity contribution in [1.29, 1.82) is 0 Å². The van der Waals surface area contributed by atoms with E-state index in [0.29, 0.717) is 5.25 Å². The Morgan fingerprint density at radius 1 is 1.11 bits per heavy atom. The second-order valence-electron chi connectivity index (χ2n) is 4.90. The quantitative estimate of drug-likeness (QED) is 0.858. The first kappa shape index (κ1) is 14.6. The van der Waals surface area contributed by atoms with Gasteiger partial charge in [0.05, 0.1) is 5.56 Å². The number of hydrogen-bond acceptors (Lipinski definition) is 2. The molecule has 1 aliphatic rings. The lowest BCUT2D eigenvalue weighted by Crippen LogP contribution is -2.28. The van der Waals surface area contributed by atoms with Crippen LogP contribution in [0.4, 0.5) is 18.9 Å². The summed E-state index contributed by atoms with van der Waals surface area (Å²) in [4.78, 5) is 0. The lowest BCUT2D eigenvalue weighted by molar-refractivity contribution is -0.137. The van der Waals surface area contributed by atoms with Crippen molar-refractivity contribution in [1.82, 2.24) is 0 Å². The number of rotatable bonds is 3. The molecule has 1 saturated carbocycles. The first-order chi connectivity index (χ1) is 9.00. The molecule has 1 aromatic carbocycles. The fraction of sp³-hybridized carbons (Fsp3) is 0.571. The lowest BCUT2D eigenvalue weighted by atomic mass is 9.94. The van der Waals surface area contributed by atoms with E-state index in [1.54, 1.807) is 6.07 Å². The normalized spacial score (nSPS) is 24.2. The summed E-state index contributed by atoms with van der Waals surface area (Å²) in [5.41, 5.74) is -0.357. The van der Waals surface area contributed by atoms with Crippen LogP contribution >= 0.6 is 11.8 Å². The van der Waals surface area contributed by atoms with Gasteiger partial charge in [0.15, 0.2) is 0 Å². The zero-order valence-electron chi connectivity index (χ0n) is 10.8. The van der Waals surface area contributed by atoms with Crippen LogP contribution in [0.15, 0.2) is 24.3 Å². The summed E-state index contributed by atoms with van der Waals surface area (Å²) in [6, 6.07) is 5.88. The third kappa shape index (κ3) is 3.81. The van der Waals surface area contributed by atoms with Crippen LogP contribution < -0.4 is 5.32 Å². The van der Waals surface area contributed by atoms with E-state index in [1.807, 2.05) is 11.8 Å². The summed E-state index contributed by atoms with van der Waals surface area (Å²) >= 11 is 1.85. The molecular weight excluding hydrogens is 271 g/mol. The summed E-state index contributed by atoms with van der Waals surface area (Å²) in [5, 5.41) is 3.73. The first-order valence-electron chi connectivity index (χ1n) is 6.46. The number of anilines is 1. The summed E-state index contributed by atoms with van der Waals surface area (Å²) < 4.78 is 38.6. The molecule has 1 fully saturated rings. The molecule has 1 aliphatic carbocycles. The number of nitrogens with one attached hydrogen (secondary N) is 1. The van der Waals surface area contributed by atoms with Gasteiger partial charge in [-0.3, -0.25) is 0 Å². The molecule has 0 saturated heterocycles. The molecule has 1 aromatic rings. The zero-order valence-corrected chi connectivity index (χ0v) is 11.7. The van der Waals surface area contributed by atoms with Gasteiger partial charge in [0.25, 0.3) is 0 Å². The molecule has 0 radical (unpaired) electrons. The highest BCUT2D eigenvalue weighted by Gasteiger charge is 2.33. The highest BCUT2D eigenvalue weighted by atomic mass is 32.2. The standard InChI is InChI=1S/C14H18F3NS/c1-19-11-8-6-10(7-9-11)18-13-5-3-2-4-12(13)14(15,16)17/h2-5,10-11,18H,6-9H2,1H3. The Kier molecular flexibility index (Phi) is 4.66. The van der Waals surface area contributed by atoms with Crippen molar-refractivity contribution in [3.05, 3.63) is 29.8 Å². The maximum atomic E-state index is 12.9. The number of benzene rings is 1. The minimum Gasteiger partial charge on any atom is -0.382 e. The van der Waals surface area contributed by atoms with Gasteiger partial charge >= 0.3 is 6.18 Å². The van der Waals surface area contributed by atoms with E-state index in [4.69, 9.17) is 0 Å². The maximum absolute atomic E-state index is 12.9. The zero-order chi connectivity index (χ0) is 13.9. The van der Waals surface area contributed by atoms with Crippen LogP contribution in [0.1, 0.15) is 31.2 Å². The predicted molar refractivity (Wildman–Crippen MR) is 74.6 cm³/mol. The van der Waals surface area contributed by atoms with Gasteiger partial charge in [0.1, 0.15) is 0 Å². The van der Waals surface area contributed by atoms with Gasteiger partial charge in [0, 0.05) is 17.0 Å². The van der Waals surface area contributed by atoms with E-state index >= 15 is 0 Å². The number of hydrogen-bond donors (Lipinski definition) is 1. The molecule has 1 nitrogen and oxygen atoms in total. The van der Waals surface area contributed by atoms with Crippen molar-refractivity contribution in [3.8, 4) is 0 Å². The van der Waals surface area contributed by atoms with E-state index in [0.717, 1.165) is 31.7 Å². The van der Waals surface area contributed by atoms with E-state index in [9.17, 15) is 13.2 Å². The van der Waals surface area contributed by atoms with Crippen molar-refractivity contribution in [2.45, 2.75) is 43.2 Å². The topological polar surface area (TPSA) is 12.0 Å². The summed E-state index contributed by atoms with van der Waals surface area (Å²) in [6.45, 7) is 0. The van der Waals surface area contributed by atoms with E-state index in [-0.39, 0.29) is 11.7 Å². The molecule has 0 amide bonds. The van der Waals surface area contributed by atoms with E-state index in [1.165, 1.54) is 12.1 Å². The van der Waals surface area contributed by atoms with Crippen LogP contribution in [0, 0.1) is 0 Å². The highest BCUT2D eigenvalue weighted by Crippen LogP contribution is 2.36. The van der Waals surface area contributed by atoms with Crippen molar-refractivity contribution in [2.75, 3.05) is 11.6 Å². The molecule has 106 valence electrons. The Balaban J connectivity index is 2.04. The average molecular weight is 289 g/mol. The minimum absolute atomic E-state index is 0.159. The molecule has 1 N–H and O–H groups in total. The van der Waals surface area contributed by atoms with Gasteiger partial charge in [-0.05, 0) is 44.1 Å². The fourth-order valence-electron chi connectivity index (χ4n) is 2.52. The lowest BCUT2D eigenvalue weighted by Gasteiger charge is -2.29. The summed E-state index contributed by atoms with van der Waals surface area (Å²) in [5.74, 6) is 0. The smallest absolute Gasteiger partial charge is 0.382 e. The molecular formula is C14H18F3NS. The van der Waals surface area contributed by atoms with Crippen LogP contribution in [0.25, 0.3) is 0 Å². The highest BCUT2D eigenvalue weighted by molar-refractivity contribution is 7.99. The molecule has 0 atom stereocenters. The van der Waals surface area contributed by atoms with Crippen LogP contribution in [-0.2, 0) is 6.18 Å². The first-order valence-corrected chi connectivity index (χ1v) is 7.75.